The van der Waals surface area contributed by atoms with E-state index in [-0.39, 0.29) is 5.91 Å². The minimum absolute atomic E-state index is 0.191. The van der Waals surface area contributed by atoms with Crippen LogP contribution in [0.25, 0.3) is 0 Å². The number of piperazine rings is 1. The summed E-state index contributed by atoms with van der Waals surface area (Å²) in [6.07, 6.45) is 0.439. The van der Waals surface area contributed by atoms with Gasteiger partial charge in [0.2, 0.25) is 5.91 Å². The first kappa shape index (κ1) is 13.5. The Balaban J connectivity index is 2.39. The summed E-state index contributed by atoms with van der Waals surface area (Å²) in [6.45, 7) is 11.8. The van der Waals surface area contributed by atoms with Gasteiger partial charge < -0.3 is 10.6 Å². The summed E-state index contributed by atoms with van der Waals surface area (Å²) in [5.74, 6) is 0.191. The molecule has 4 nitrogen and oxygen atoms in total. The van der Waals surface area contributed by atoms with Crippen molar-refractivity contribution < 1.29 is 4.79 Å². The summed E-state index contributed by atoms with van der Waals surface area (Å²) in [4.78, 5) is 16.3. The van der Waals surface area contributed by atoms with Gasteiger partial charge in [0.05, 0.1) is 0 Å². The zero-order valence-electron chi connectivity index (χ0n) is 11.0. The molecule has 0 spiro atoms. The molecular weight excluding hydrogens is 202 g/mol. The molecule has 0 aliphatic carbocycles. The van der Waals surface area contributed by atoms with Gasteiger partial charge in [-0.3, -0.25) is 9.69 Å². The largest absolute Gasteiger partial charge is 0.340 e. The molecule has 1 heterocycles. The van der Waals surface area contributed by atoms with Crippen LogP contribution in [0.3, 0.4) is 0 Å². The van der Waals surface area contributed by atoms with E-state index >= 15 is 0 Å². The highest BCUT2D eigenvalue weighted by Gasteiger charge is 2.25. The van der Waals surface area contributed by atoms with E-state index in [9.17, 15) is 4.79 Å². The van der Waals surface area contributed by atoms with Gasteiger partial charge in [-0.2, -0.15) is 0 Å². The minimum atomic E-state index is -0.397. The van der Waals surface area contributed by atoms with Crippen molar-refractivity contribution in [3.63, 3.8) is 0 Å². The molecule has 0 atom stereocenters. The molecule has 1 aliphatic heterocycles. The first-order valence-corrected chi connectivity index (χ1v) is 6.10. The Morgan fingerprint density at radius 1 is 1.25 bits per heavy atom. The van der Waals surface area contributed by atoms with E-state index < -0.39 is 5.54 Å². The number of carbonyl (C=O) groups is 1. The van der Waals surface area contributed by atoms with Gasteiger partial charge in [-0.05, 0) is 27.7 Å². The average molecular weight is 227 g/mol. The van der Waals surface area contributed by atoms with Crippen LogP contribution in [0.4, 0.5) is 0 Å². The van der Waals surface area contributed by atoms with Crippen molar-refractivity contribution in [3.8, 4) is 0 Å². The quantitative estimate of drug-likeness (QED) is 0.771. The van der Waals surface area contributed by atoms with E-state index in [1.54, 1.807) is 0 Å². The molecule has 0 unspecified atom stereocenters. The molecule has 1 aliphatic rings. The van der Waals surface area contributed by atoms with Crippen LogP contribution >= 0.6 is 0 Å². The molecule has 1 saturated heterocycles. The fourth-order valence-electron chi connectivity index (χ4n) is 1.99. The highest BCUT2D eigenvalue weighted by atomic mass is 16.2. The Labute approximate surface area is 98.8 Å². The molecule has 4 heteroatoms. The van der Waals surface area contributed by atoms with Crippen LogP contribution in [0.5, 0.6) is 0 Å². The maximum Gasteiger partial charge on any atom is 0.224 e. The lowest BCUT2D eigenvalue weighted by Crippen LogP contribution is -2.52. The Kier molecular flexibility index (Phi) is 4.33. The van der Waals surface area contributed by atoms with Gasteiger partial charge in [-0.1, -0.05) is 0 Å². The second-order valence-electron chi connectivity index (χ2n) is 5.68. The zero-order chi connectivity index (χ0) is 12.3. The Morgan fingerprint density at radius 3 is 2.12 bits per heavy atom. The van der Waals surface area contributed by atoms with Crippen molar-refractivity contribution in [2.24, 2.45) is 5.73 Å². The molecule has 1 rings (SSSR count). The van der Waals surface area contributed by atoms with Gasteiger partial charge in [-0.15, -0.1) is 0 Å². The number of hydrogen-bond acceptors (Lipinski definition) is 3. The number of nitrogens with zero attached hydrogens (tertiary/aromatic N) is 2. The van der Waals surface area contributed by atoms with Gasteiger partial charge in [0, 0.05) is 44.2 Å². The van der Waals surface area contributed by atoms with Crippen molar-refractivity contribution in [1.29, 1.82) is 0 Å². The van der Waals surface area contributed by atoms with Crippen LogP contribution in [0.15, 0.2) is 0 Å². The maximum atomic E-state index is 11.9. The van der Waals surface area contributed by atoms with E-state index in [0.717, 1.165) is 26.2 Å². The molecule has 0 aromatic heterocycles. The normalized spacial score (nSPS) is 19.2. The van der Waals surface area contributed by atoms with Gasteiger partial charge in [0.25, 0.3) is 0 Å². The smallest absolute Gasteiger partial charge is 0.224 e. The van der Waals surface area contributed by atoms with Crippen molar-refractivity contribution in [3.05, 3.63) is 0 Å². The summed E-state index contributed by atoms with van der Waals surface area (Å²) >= 11 is 0. The van der Waals surface area contributed by atoms with Gasteiger partial charge in [-0.25, -0.2) is 0 Å². The van der Waals surface area contributed by atoms with Crippen LogP contribution in [0, 0.1) is 0 Å². The molecule has 16 heavy (non-hydrogen) atoms. The first-order valence-electron chi connectivity index (χ1n) is 6.10. The topological polar surface area (TPSA) is 49.6 Å². The maximum absolute atomic E-state index is 11.9. The van der Waals surface area contributed by atoms with Crippen LogP contribution in [-0.4, -0.2) is 53.5 Å². The number of rotatable bonds is 3. The average Bonchev–Trinajstić information content (AvgIpc) is 2.15. The lowest BCUT2D eigenvalue weighted by atomic mass is 10.0. The van der Waals surface area contributed by atoms with Crippen molar-refractivity contribution in [2.75, 3.05) is 26.2 Å². The predicted octanol–water partition coefficient (Wildman–Crippen LogP) is 0.666. The van der Waals surface area contributed by atoms with Crippen LogP contribution < -0.4 is 5.73 Å². The third-order valence-corrected chi connectivity index (χ3v) is 3.00. The Hall–Kier alpha value is -0.610. The van der Waals surface area contributed by atoms with Crippen LogP contribution in [0.1, 0.15) is 34.1 Å². The second kappa shape index (κ2) is 5.15. The summed E-state index contributed by atoms with van der Waals surface area (Å²) < 4.78 is 0. The molecule has 1 fully saturated rings. The lowest BCUT2D eigenvalue weighted by Gasteiger charge is -2.37. The fourth-order valence-corrected chi connectivity index (χ4v) is 1.99. The molecule has 0 aromatic rings. The molecule has 2 N–H and O–H groups in total. The molecule has 0 bridgehead atoms. The highest BCUT2D eigenvalue weighted by Crippen LogP contribution is 2.11. The number of amides is 1. The van der Waals surface area contributed by atoms with Crippen molar-refractivity contribution in [2.45, 2.75) is 45.7 Å². The standard InChI is InChI=1S/C12H25N3O/c1-10(2)14-5-7-15(8-6-14)11(16)9-12(3,4)13/h10H,5-9,13H2,1-4H3. The van der Waals surface area contributed by atoms with E-state index in [2.05, 4.69) is 18.7 Å². The summed E-state index contributed by atoms with van der Waals surface area (Å²) in [5.41, 5.74) is 5.46. The third kappa shape index (κ3) is 4.10. The van der Waals surface area contributed by atoms with Gasteiger partial charge >= 0.3 is 0 Å². The van der Waals surface area contributed by atoms with Crippen LogP contribution in [0.2, 0.25) is 0 Å². The SMILES string of the molecule is CC(C)N1CCN(C(=O)CC(C)(C)N)CC1. The summed E-state index contributed by atoms with van der Waals surface area (Å²) in [7, 11) is 0. The Morgan fingerprint density at radius 2 is 1.75 bits per heavy atom. The van der Waals surface area contributed by atoms with Crippen molar-refractivity contribution in [1.82, 2.24) is 9.80 Å². The lowest BCUT2D eigenvalue weighted by molar-refractivity contribution is -0.134. The fraction of sp³-hybridized carbons (Fsp3) is 0.917. The molecule has 1 amide bonds. The second-order valence-corrected chi connectivity index (χ2v) is 5.68. The number of nitrogens with two attached hydrogens (primary N) is 1. The molecular formula is C12H25N3O. The Bertz CT molecular complexity index is 237. The van der Waals surface area contributed by atoms with E-state index in [1.165, 1.54) is 0 Å². The van der Waals surface area contributed by atoms with E-state index in [1.807, 2.05) is 18.7 Å². The van der Waals surface area contributed by atoms with Crippen LogP contribution in [-0.2, 0) is 4.79 Å². The summed E-state index contributed by atoms with van der Waals surface area (Å²) in [6, 6.07) is 0.572. The molecule has 94 valence electrons. The number of carbonyl (C=O) groups excluding carboxylic acids is 1. The van der Waals surface area contributed by atoms with Gasteiger partial charge in [0.15, 0.2) is 0 Å². The molecule has 0 aromatic carbocycles. The monoisotopic (exact) mass is 227 g/mol. The third-order valence-electron chi connectivity index (χ3n) is 3.00. The highest BCUT2D eigenvalue weighted by molar-refractivity contribution is 5.77. The van der Waals surface area contributed by atoms with Gasteiger partial charge in [0.1, 0.15) is 0 Å². The first-order chi connectivity index (χ1) is 7.29. The van der Waals surface area contributed by atoms with E-state index in [0.29, 0.717) is 12.5 Å². The molecule has 0 radical (unpaired) electrons. The van der Waals surface area contributed by atoms with E-state index in [4.69, 9.17) is 5.73 Å². The number of hydrogen-bond donors (Lipinski definition) is 1. The minimum Gasteiger partial charge on any atom is -0.340 e. The van der Waals surface area contributed by atoms with Crippen molar-refractivity contribution >= 4 is 5.91 Å². The predicted molar refractivity (Wildman–Crippen MR) is 66.2 cm³/mol. The molecule has 0 saturated carbocycles. The zero-order valence-corrected chi connectivity index (χ0v) is 11.0. The summed E-state index contributed by atoms with van der Waals surface area (Å²) in [5, 5.41) is 0.